The molecule has 0 atom stereocenters. The van der Waals surface area contributed by atoms with Crippen LogP contribution in [0, 0.1) is 0 Å². The Kier molecular flexibility index (Phi) is 5.30. The molecule has 0 amide bonds. The van der Waals surface area contributed by atoms with E-state index in [1.54, 1.807) is 0 Å². The van der Waals surface area contributed by atoms with E-state index in [1.807, 2.05) is 6.07 Å². The smallest absolute Gasteiger partial charge is 0.160 e. The molecule has 0 radical (unpaired) electrons. The summed E-state index contributed by atoms with van der Waals surface area (Å²) in [5.74, 6) is 0. The van der Waals surface area contributed by atoms with Gasteiger partial charge in [0.25, 0.3) is 0 Å². The van der Waals surface area contributed by atoms with Crippen LogP contribution in [0.3, 0.4) is 0 Å². The zero-order valence-electron chi connectivity index (χ0n) is 23.5. The fourth-order valence-corrected chi connectivity index (χ4v) is 6.81. The molecule has 2 heteroatoms. The fraction of sp³-hybridized carbons (Fsp3) is 0.0244. The lowest BCUT2D eigenvalue weighted by molar-refractivity contribution is 0.669. The Labute approximate surface area is 249 Å². The summed E-state index contributed by atoms with van der Waals surface area (Å²) in [6, 6.07) is 50.1. The molecule has 0 unspecified atom stereocenters. The lowest BCUT2D eigenvalue weighted by atomic mass is 9.98. The Bertz CT molecular complexity index is 2380. The number of para-hydroxylation sites is 1. The number of furan rings is 1. The standard InChI is InChI=1S/C41H27NO/c1-2-10-27(11-3-1)29-14-8-15-32(24-29)42(33-22-23-35-31(25-33)21-20-28-13-9-18-34(28)35)38-26-30-12-4-5-16-36(30)40-37-17-6-7-19-39(37)43-41(38)40/h1-12,14-26H,13H2. The molecule has 7 aromatic carbocycles. The number of rotatable bonds is 4. The lowest BCUT2D eigenvalue weighted by Gasteiger charge is -2.27. The number of benzene rings is 7. The third kappa shape index (κ3) is 3.80. The summed E-state index contributed by atoms with van der Waals surface area (Å²) in [4.78, 5) is 2.37. The molecule has 1 aliphatic carbocycles. The van der Waals surface area contributed by atoms with E-state index < -0.39 is 0 Å². The third-order valence-corrected chi connectivity index (χ3v) is 8.82. The van der Waals surface area contributed by atoms with Gasteiger partial charge in [0.05, 0.1) is 5.69 Å². The predicted octanol–water partition coefficient (Wildman–Crippen LogP) is 11.6. The van der Waals surface area contributed by atoms with Crippen molar-refractivity contribution in [2.75, 3.05) is 4.90 Å². The molecule has 0 fully saturated rings. The molecule has 0 bridgehead atoms. The van der Waals surface area contributed by atoms with Crippen molar-refractivity contribution in [1.82, 2.24) is 0 Å². The molecule has 0 spiro atoms. The third-order valence-electron chi connectivity index (χ3n) is 8.82. The van der Waals surface area contributed by atoms with Gasteiger partial charge in [-0.3, -0.25) is 0 Å². The van der Waals surface area contributed by atoms with Crippen LogP contribution in [-0.2, 0) is 6.42 Å². The second-order valence-corrected chi connectivity index (χ2v) is 11.3. The highest BCUT2D eigenvalue weighted by Gasteiger charge is 2.22. The van der Waals surface area contributed by atoms with Crippen LogP contribution in [0.2, 0.25) is 0 Å². The van der Waals surface area contributed by atoms with Gasteiger partial charge < -0.3 is 9.32 Å². The maximum atomic E-state index is 6.73. The van der Waals surface area contributed by atoms with Gasteiger partial charge in [-0.15, -0.1) is 0 Å². The second-order valence-electron chi connectivity index (χ2n) is 11.3. The van der Waals surface area contributed by atoms with E-state index in [4.69, 9.17) is 4.42 Å². The highest BCUT2D eigenvalue weighted by atomic mass is 16.3. The van der Waals surface area contributed by atoms with Gasteiger partial charge in [-0.05, 0) is 86.6 Å². The summed E-state index contributed by atoms with van der Waals surface area (Å²) in [6.07, 6.45) is 5.53. The Hall–Kier alpha value is -5.60. The summed E-state index contributed by atoms with van der Waals surface area (Å²) >= 11 is 0. The van der Waals surface area contributed by atoms with E-state index in [1.165, 1.54) is 43.8 Å². The van der Waals surface area contributed by atoms with Gasteiger partial charge in [0.1, 0.15) is 5.58 Å². The van der Waals surface area contributed by atoms with Crippen LogP contribution < -0.4 is 4.90 Å². The number of hydrogen-bond acceptors (Lipinski definition) is 2. The zero-order valence-corrected chi connectivity index (χ0v) is 23.5. The number of anilines is 3. The van der Waals surface area contributed by atoms with Crippen LogP contribution in [0.5, 0.6) is 0 Å². The maximum Gasteiger partial charge on any atom is 0.160 e. The van der Waals surface area contributed by atoms with Gasteiger partial charge in [-0.25, -0.2) is 0 Å². The minimum absolute atomic E-state index is 0.891. The summed E-state index contributed by atoms with van der Waals surface area (Å²) in [5, 5.41) is 7.19. The van der Waals surface area contributed by atoms with Gasteiger partial charge in [0, 0.05) is 22.1 Å². The molecular weight excluding hydrogens is 522 g/mol. The van der Waals surface area contributed by atoms with Crippen molar-refractivity contribution in [3.63, 3.8) is 0 Å². The molecular formula is C41H27NO. The van der Waals surface area contributed by atoms with E-state index in [-0.39, 0.29) is 0 Å². The number of fused-ring (bicyclic) bond motifs is 8. The predicted molar refractivity (Wildman–Crippen MR) is 182 cm³/mol. The number of nitrogens with zero attached hydrogens (tertiary/aromatic N) is 1. The highest BCUT2D eigenvalue weighted by Crippen LogP contribution is 2.46. The van der Waals surface area contributed by atoms with Crippen LogP contribution in [0.25, 0.3) is 60.7 Å². The van der Waals surface area contributed by atoms with Crippen LogP contribution in [0.1, 0.15) is 11.1 Å². The zero-order chi connectivity index (χ0) is 28.3. The van der Waals surface area contributed by atoms with E-state index in [9.17, 15) is 0 Å². The van der Waals surface area contributed by atoms with Gasteiger partial charge in [-0.2, -0.15) is 0 Å². The first-order chi connectivity index (χ1) is 21.3. The molecule has 1 aromatic heterocycles. The van der Waals surface area contributed by atoms with Gasteiger partial charge in [0.15, 0.2) is 5.58 Å². The summed E-state index contributed by atoms with van der Waals surface area (Å²) < 4.78 is 6.73. The average Bonchev–Trinajstić information content (AvgIpc) is 3.71. The first kappa shape index (κ1) is 24.0. The van der Waals surface area contributed by atoms with Crippen LogP contribution in [-0.4, -0.2) is 0 Å². The summed E-state index contributed by atoms with van der Waals surface area (Å²) in [6.45, 7) is 0. The molecule has 0 aliphatic heterocycles. The van der Waals surface area contributed by atoms with E-state index in [0.29, 0.717) is 0 Å². The molecule has 202 valence electrons. The molecule has 8 aromatic rings. The largest absolute Gasteiger partial charge is 0.454 e. The van der Waals surface area contributed by atoms with Crippen molar-refractivity contribution in [1.29, 1.82) is 0 Å². The SMILES string of the molecule is C1=Cc2c(ccc3cc(N(c4cccc(-c5ccccc5)c4)c4cc5ccccc5c5c4oc4ccccc45)ccc23)C1. The lowest BCUT2D eigenvalue weighted by Crippen LogP contribution is -2.10. The first-order valence-corrected chi connectivity index (χ1v) is 14.8. The minimum atomic E-state index is 0.891. The van der Waals surface area contributed by atoms with Gasteiger partial charge in [0.2, 0.25) is 0 Å². The molecule has 43 heavy (non-hydrogen) atoms. The highest BCUT2D eigenvalue weighted by molar-refractivity contribution is 6.23. The van der Waals surface area contributed by atoms with Crippen molar-refractivity contribution in [3.05, 3.63) is 157 Å². The molecule has 9 rings (SSSR count). The van der Waals surface area contributed by atoms with Crippen LogP contribution in [0.4, 0.5) is 17.1 Å². The summed E-state index contributed by atoms with van der Waals surface area (Å²) in [7, 11) is 0. The Morgan fingerprint density at radius 2 is 1.30 bits per heavy atom. The minimum Gasteiger partial charge on any atom is -0.454 e. The Morgan fingerprint density at radius 1 is 0.535 bits per heavy atom. The number of allylic oxidation sites excluding steroid dienone is 1. The van der Waals surface area contributed by atoms with E-state index in [0.717, 1.165) is 45.4 Å². The normalized spacial score (nSPS) is 12.5. The summed E-state index contributed by atoms with van der Waals surface area (Å²) in [5.41, 5.74) is 10.1. The van der Waals surface area contributed by atoms with Crippen LogP contribution in [0.15, 0.2) is 150 Å². The van der Waals surface area contributed by atoms with Gasteiger partial charge in [-0.1, -0.05) is 115 Å². The van der Waals surface area contributed by atoms with Crippen molar-refractivity contribution in [3.8, 4) is 11.1 Å². The molecule has 2 nitrogen and oxygen atoms in total. The van der Waals surface area contributed by atoms with Crippen molar-refractivity contribution in [2.24, 2.45) is 0 Å². The fourth-order valence-electron chi connectivity index (χ4n) is 6.81. The van der Waals surface area contributed by atoms with E-state index >= 15 is 0 Å². The monoisotopic (exact) mass is 549 g/mol. The topological polar surface area (TPSA) is 16.4 Å². The van der Waals surface area contributed by atoms with Crippen molar-refractivity contribution < 1.29 is 4.42 Å². The molecule has 0 saturated heterocycles. The molecule has 0 N–H and O–H groups in total. The second kappa shape index (κ2) is 9.47. The Morgan fingerprint density at radius 3 is 2.23 bits per heavy atom. The van der Waals surface area contributed by atoms with Crippen molar-refractivity contribution in [2.45, 2.75) is 6.42 Å². The van der Waals surface area contributed by atoms with Gasteiger partial charge >= 0.3 is 0 Å². The van der Waals surface area contributed by atoms with E-state index in [2.05, 4.69) is 151 Å². The quantitative estimate of drug-likeness (QED) is 0.217. The Balaban J connectivity index is 1.36. The first-order valence-electron chi connectivity index (χ1n) is 14.8. The average molecular weight is 550 g/mol. The van der Waals surface area contributed by atoms with Crippen LogP contribution >= 0.6 is 0 Å². The van der Waals surface area contributed by atoms with Crippen molar-refractivity contribution >= 4 is 66.6 Å². The molecule has 0 saturated carbocycles. The molecule has 1 aliphatic rings. The maximum absolute atomic E-state index is 6.73. The number of hydrogen-bond donors (Lipinski definition) is 0. The molecule has 1 heterocycles.